The molecular weight excluding hydrogens is 283 g/mol. The molecule has 4 nitrogen and oxygen atoms in total. The third kappa shape index (κ3) is 2.87. The van der Waals surface area contributed by atoms with Gasteiger partial charge in [-0.25, -0.2) is 0 Å². The SMILES string of the molecule is FC(F)(F)c1ccc(-c2oncc2N2CCNCC2)cc1. The molecule has 0 aliphatic carbocycles. The van der Waals surface area contributed by atoms with Crippen LogP contribution in [0.2, 0.25) is 0 Å². The second-order valence-corrected chi connectivity index (χ2v) is 4.85. The predicted octanol–water partition coefficient (Wildman–Crippen LogP) is 2.77. The third-order valence-electron chi connectivity index (χ3n) is 3.48. The molecule has 0 unspecified atom stereocenters. The summed E-state index contributed by atoms with van der Waals surface area (Å²) in [4.78, 5) is 2.11. The maximum atomic E-state index is 12.6. The summed E-state index contributed by atoms with van der Waals surface area (Å²) in [6.07, 6.45) is -2.72. The average molecular weight is 297 g/mol. The first kappa shape index (κ1) is 13.9. The van der Waals surface area contributed by atoms with Crippen molar-refractivity contribution in [3.05, 3.63) is 36.0 Å². The summed E-state index contributed by atoms with van der Waals surface area (Å²) in [5, 5.41) is 7.03. The van der Waals surface area contributed by atoms with Gasteiger partial charge in [0.1, 0.15) is 5.69 Å². The second-order valence-electron chi connectivity index (χ2n) is 4.85. The minimum Gasteiger partial charge on any atom is -0.365 e. The maximum Gasteiger partial charge on any atom is 0.416 e. The van der Waals surface area contributed by atoms with Crippen molar-refractivity contribution in [2.24, 2.45) is 0 Å². The van der Waals surface area contributed by atoms with E-state index in [-0.39, 0.29) is 0 Å². The van der Waals surface area contributed by atoms with E-state index in [9.17, 15) is 13.2 Å². The van der Waals surface area contributed by atoms with Crippen LogP contribution < -0.4 is 10.2 Å². The lowest BCUT2D eigenvalue weighted by atomic mass is 10.1. The Labute approximate surface area is 119 Å². The second kappa shape index (κ2) is 5.40. The highest BCUT2D eigenvalue weighted by Gasteiger charge is 2.30. The molecule has 0 saturated carbocycles. The molecule has 1 N–H and O–H groups in total. The van der Waals surface area contributed by atoms with Crippen molar-refractivity contribution in [2.45, 2.75) is 6.18 Å². The third-order valence-corrected chi connectivity index (χ3v) is 3.48. The van der Waals surface area contributed by atoms with E-state index in [0.29, 0.717) is 11.3 Å². The Morgan fingerprint density at radius 2 is 1.76 bits per heavy atom. The molecule has 0 amide bonds. The quantitative estimate of drug-likeness (QED) is 0.925. The van der Waals surface area contributed by atoms with Crippen LogP contribution in [0.5, 0.6) is 0 Å². The number of nitrogens with zero attached hydrogens (tertiary/aromatic N) is 2. The van der Waals surface area contributed by atoms with Gasteiger partial charge in [0, 0.05) is 31.7 Å². The van der Waals surface area contributed by atoms with Gasteiger partial charge in [-0.15, -0.1) is 0 Å². The van der Waals surface area contributed by atoms with Gasteiger partial charge in [0.2, 0.25) is 0 Å². The van der Waals surface area contributed by atoms with E-state index in [4.69, 9.17) is 4.52 Å². The number of hydrogen-bond donors (Lipinski definition) is 1. The molecule has 0 radical (unpaired) electrons. The van der Waals surface area contributed by atoms with Crippen LogP contribution in [0.3, 0.4) is 0 Å². The molecular formula is C14H14F3N3O. The van der Waals surface area contributed by atoms with Crippen molar-refractivity contribution < 1.29 is 17.7 Å². The minimum absolute atomic E-state index is 0.505. The predicted molar refractivity (Wildman–Crippen MR) is 72.0 cm³/mol. The summed E-state index contributed by atoms with van der Waals surface area (Å²) in [5.41, 5.74) is 0.736. The number of nitrogens with one attached hydrogen (secondary N) is 1. The first-order valence-corrected chi connectivity index (χ1v) is 6.64. The number of aromatic nitrogens is 1. The maximum absolute atomic E-state index is 12.6. The van der Waals surface area contributed by atoms with Crippen molar-refractivity contribution in [2.75, 3.05) is 31.1 Å². The zero-order valence-electron chi connectivity index (χ0n) is 11.2. The molecule has 1 aliphatic heterocycles. The molecule has 2 heterocycles. The molecule has 0 atom stereocenters. The van der Waals surface area contributed by atoms with Crippen LogP contribution in [-0.4, -0.2) is 31.3 Å². The Bertz CT molecular complexity index is 601. The summed E-state index contributed by atoms with van der Waals surface area (Å²) in [6.45, 7) is 3.35. The van der Waals surface area contributed by atoms with Crippen molar-refractivity contribution in [1.82, 2.24) is 10.5 Å². The smallest absolute Gasteiger partial charge is 0.365 e. The molecule has 1 saturated heterocycles. The average Bonchev–Trinajstić information content (AvgIpc) is 2.97. The topological polar surface area (TPSA) is 41.3 Å². The number of piperazine rings is 1. The van der Waals surface area contributed by atoms with Gasteiger partial charge in [-0.3, -0.25) is 0 Å². The number of alkyl halides is 3. The van der Waals surface area contributed by atoms with Crippen LogP contribution >= 0.6 is 0 Å². The molecule has 0 spiro atoms. The first-order chi connectivity index (χ1) is 10.1. The Kier molecular flexibility index (Phi) is 3.59. The van der Waals surface area contributed by atoms with Gasteiger partial charge in [-0.1, -0.05) is 17.3 Å². The van der Waals surface area contributed by atoms with Crippen LogP contribution in [0.25, 0.3) is 11.3 Å². The van der Waals surface area contributed by atoms with Crippen molar-refractivity contribution >= 4 is 5.69 Å². The van der Waals surface area contributed by atoms with E-state index in [1.165, 1.54) is 12.1 Å². The normalized spacial score (nSPS) is 16.2. The number of hydrogen-bond acceptors (Lipinski definition) is 4. The molecule has 112 valence electrons. The van der Waals surface area contributed by atoms with E-state index in [1.807, 2.05) is 0 Å². The van der Waals surface area contributed by atoms with Crippen LogP contribution in [-0.2, 0) is 6.18 Å². The zero-order valence-corrected chi connectivity index (χ0v) is 11.2. The highest BCUT2D eigenvalue weighted by Crippen LogP contribution is 2.34. The van der Waals surface area contributed by atoms with Gasteiger partial charge in [-0.2, -0.15) is 13.2 Å². The minimum atomic E-state index is -4.33. The summed E-state index contributed by atoms with van der Waals surface area (Å²) >= 11 is 0. The molecule has 1 aliphatic rings. The molecule has 1 aromatic heterocycles. The molecule has 0 bridgehead atoms. The molecule has 1 aromatic carbocycles. The Balaban J connectivity index is 1.89. The van der Waals surface area contributed by atoms with Crippen LogP contribution in [0.1, 0.15) is 5.56 Å². The summed E-state index contributed by atoms with van der Waals surface area (Å²) in [7, 11) is 0. The van der Waals surface area contributed by atoms with Gasteiger partial charge >= 0.3 is 6.18 Å². The number of benzene rings is 1. The van der Waals surface area contributed by atoms with Crippen LogP contribution in [0.4, 0.5) is 18.9 Å². The summed E-state index contributed by atoms with van der Waals surface area (Å²) in [5.74, 6) is 0.505. The molecule has 2 aromatic rings. The van der Waals surface area contributed by atoms with Gasteiger partial charge in [-0.05, 0) is 12.1 Å². The van der Waals surface area contributed by atoms with Gasteiger partial charge < -0.3 is 14.7 Å². The Hall–Kier alpha value is -2.02. The van der Waals surface area contributed by atoms with Gasteiger partial charge in [0.25, 0.3) is 0 Å². The van der Waals surface area contributed by atoms with Crippen molar-refractivity contribution in [1.29, 1.82) is 0 Å². The van der Waals surface area contributed by atoms with Crippen molar-refractivity contribution in [3.63, 3.8) is 0 Å². The van der Waals surface area contributed by atoms with E-state index in [1.54, 1.807) is 6.20 Å². The van der Waals surface area contributed by atoms with E-state index in [2.05, 4.69) is 15.4 Å². The first-order valence-electron chi connectivity index (χ1n) is 6.64. The lowest BCUT2D eigenvalue weighted by molar-refractivity contribution is -0.137. The summed E-state index contributed by atoms with van der Waals surface area (Å²) in [6, 6.07) is 4.93. The molecule has 7 heteroatoms. The highest BCUT2D eigenvalue weighted by molar-refractivity contribution is 5.73. The molecule has 3 rings (SSSR count). The molecule has 21 heavy (non-hydrogen) atoms. The van der Waals surface area contributed by atoms with Crippen LogP contribution in [0, 0.1) is 0 Å². The van der Waals surface area contributed by atoms with Gasteiger partial charge in [0.05, 0.1) is 11.8 Å². The standard InChI is InChI=1S/C14H14F3N3O/c15-14(16,17)11-3-1-10(2-4-11)13-12(9-19-21-13)20-7-5-18-6-8-20/h1-4,9,18H,5-8H2. The van der Waals surface area contributed by atoms with E-state index >= 15 is 0 Å². The fourth-order valence-electron chi connectivity index (χ4n) is 2.38. The summed E-state index contributed by atoms with van der Waals surface area (Å²) < 4.78 is 43.0. The Morgan fingerprint density at radius 3 is 2.38 bits per heavy atom. The number of rotatable bonds is 2. The lowest BCUT2D eigenvalue weighted by Gasteiger charge is -2.28. The van der Waals surface area contributed by atoms with Crippen LogP contribution in [0.15, 0.2) is 35.0 Å². The Morgan fingerprint density at radius 1 is 1.10 bits per heavy atom. The zero-order chi connectivity index (χ0) is 14.9. The largest absolute Gasteiger partial charge is 0.416 e. The van der Waals surface area contributed by atoms with Gasteiger partial charge in [0.15, 0.2) is 5.76 Å². The highest BCUT2D eigenvalue weighted by atomic mass is 19.4. The monoisotopic (exact) mass is 297 g/mol. The number of anilines is 1. The van der Waals surface area contributed by atoms with Crippen molar-refractivity contribution in [3.8, 4) is 11.3 Å². The molecule has 1 fully saturated rings. The lowest BCUT2D eigenvalue weighted by Crippen LogP contribution is -2.43. The van der Waals surface area contributed by atoms with E-state index < -0.39 is 11.7 Å². The fourth-order valence-corrected chi connectivity index (χ4v) is 2.38. The van der Waals surface area contributed by atoms with E-state index in [0.717, 1.165) is 44.0 Å². The number of halogens is 3. The fraction of sp³-hybridized carbons (Fsp3) is 0.357.